The molecule has 0 bridgehead atoms. The highest BCUT2D eigenvalue weighted by molar-refractivity contribution is 8.35. The van der Waals surface area contributed by atoms with Gasteiger partial charge in [-0.3, -0.25) is 4.31 Å². The van der Waals surface area contributed by atoms with E-state index in [9.17, 15) is 17.2 Å². The van der Waals surface area contributed by atoms with Gasteiger partial charge in [-0.15, -0.1) is 0 Å². The standard InChI is InChI=1S/C25H25F2NO3S.B48/c1-17-3-12-22(13-4-17)32(29,30)28-21(11-8-19-7-9-20(26)16-24(19)28)10-5-18-6-14-23(27)25(15-18)31-2;1-26(2)38(25)44(37(23)24)47(43(35(19)20)36(21)22)48(45(39(27(3)4)28(5)6)40(29(7)8)30(9)10)46(41(31(11)12)32(13)14)42(33(15)16)34(17)18/h3-4,6-7,9,12-16,21H,5,8,10-11H2,1-2H3;. The summed E-state index contributed by atoms with van der Waals surface area (Å²) in [7, 11) is 157. The van der Waals surface area contributed by atoms with Gasteiger partial charge in [0.15, 0.2) is 11.6 Å². The molecular formula is C25H25B48F2NO3S. The fourth-order valence-electron chi connectivity index (χ4n) is 12.1. The van der Waals surface area contributed by atoms with Gasteiger partial charge >= 0.3 is 0 Å². The minimum Gasteiger partial charge on any atom is -0.494 e. The summed E-state index contributed by atoms with van der Waals surface area (Å²) < 4.78 is 61.7. The minimum atomic E-state index is -3.90. The second-order valence-corrected chi connectivity index (χ2v) is 23.2. The Balaban J connectivity index is 0.000000451. The van der Waals surface area contributed by atoms with E-state index in [-0.39, 0.29) is 16.7 Å². The summed E-state index contributed by atoms with van der Waals surface area (Å²) in [5.74, 6) is -0.763. The van der Waals surface area contributed by atoms with E-state index in [4.69, 9.17) is 198 Å². The van der Waals surface area contributed by atoms with Gasteiger partial charge in [0.25, 0.3) is 10.0 Å². The SMILES string of the molecule is COc1cc(CCC2CCc3ccc(F)cc3N2S(=O)(=O)c2ccc(C)cc2)ccc1F.[B]B([B])B([B])B(B([B])[B])B(B(B([B])[B])B([B])[B])B(B(B(B([B])[B])B([B])[B])B(B([B])[B])B([B])[B])B(B(B([B])[B])B([B])[B])B(B([B])[B])B([B])[B]. The third-order valence-corrected chi connectivity index (χ3v) is 17.6. The quantitative estimate of drug-likeness (QED) is 0.0681. The molecule has 4 rings (SSSR count). The van der Waals surface area contributed by atoms with Gasteiger partial charge in [-0.1, -0.05) is 29.8 Å². The van der Waals surface area contributed by atoms with E-state index in [0.29, 0.717) is 31.4 Å². The fraction of sp³-hybridized carbons (Fsp3) is 0.280. The molecular weight excluding hydrogens is 951 g/mol. The first-order chi connectivity index (χ1) is 37.1. The summed E-state index contributed by atoms with van der Waals surface area (Å²) in [6.45, 7) is 1.89. The van der Waals surface area contributed by atoms with E-state index in [2.05, 4.69) is 0 Å². The number of rotatable bonds is 28. The molecule has 1 aliphatic rings. The fourth-order valence-corrected chi connectivity index (χ4v) is 13.9. The maximum atomic E-state index is 14.1. The third kappa shape index (κ3) is 19.1. The Bertz CT molecular complexity index is 2320. The van der Waals surface area contributed by atoms with Crippen LogP contribution in [0.1, 0.15) is 29.5 Å². The van der Waals surface area contributed by atoms with Crippen molar-refractivity contribution in [2.45, 2.75) is 43.5 Å². The Hall–Kier alpha value is 0.187. The van der Waals surface area contributed by atoms with E-state index in [1.165, 1.54) is 29.6 Å². The molecule has 50 radical (unpaired) electrons. The van der Waals surface area contributed by atoms with Crippen molar-refractivity contribution in [1.29, 1.82) is 0 Å². The number of hydrogen-bond acceptors (Lipinski definition) is 3. The maximum absolute atomic E-state index is 14.1. The van der Waals surface area contributed by atoms with Crippen LogP contribution in [0.15, 0.2) is 65.6 Å². The van der Waals surface area contributed by atoms with Gasteiger partial charge in [0.1, 0.15) is 5.82 Å². The van der Waals surface area contributed by atoms with Gasteiger partial charge in [-0.2, -0.15) is 0 Å². The second kappa shape index (κ2) is 33.5. The van der Waals surface area contributed by atoms with Crippen LogP contribution in [0.3, 0.4) is 0 Å². The molecule has 55 heteroatoms. The largest absolute Gasteiger partial charge is 0.494 e. The number of anilines is 1. The zero-order valence-electron chi connectivity index (χ0n) is 45.7. The van der Waals surface area contributed by atoms with Crippen molar-refractivity contribution in [3.8, 4) is 5.75 Å². The van der Waals surface area contributed by atoms with Crippen LogP contribution >= 0.6 is 0 Å². The highest BCUT2D eigenvalue weighted by Crippen LogP contribution is 2.38. The van der Waals surface area contributed by atoms with E-state index in [1.54, 1.807) is 42.5 Å². The van der Waals surface area contributed by atoms with Gasteiger partial charge in [-0.05, 0) is 80.1 Å². The molecule has 1 aliphatic heterocycles. The predicted molar refractivity (Wildman–Crippen MR) is 397 cm³/mol. The highest BCUT2D eigenvalue weighted by Gasteiger charge is 2.59. The number of sulfonamides is 1. The molecule has 3 aromatic carbocycles. The summed E-state index contributed by atoms with van der Waals surface area (Å²) in [6, 6.07) is 15.3. The molecule has 1 unspecified atom stereocenters. The van der Waals surface area contributed by atoms with Crippen molar-refractivity contribution in [3.05, 3.63) is 89.0 Å². The molecule has 0 fully saturated rings. The Labute approximate surface area is 523 Å². The Morgan fingerprint density at radius 2 is 0.863 bits per heavy atom. The van der Waals surface area contributed by atoms with Gasteiger partial charge < -0.3 is 4.74 Å². The molecule has 0 aliphatic carbocycles. The zero-order valence-corrected chi connectivity index (χ0v) is 46.5. The summed E-state index contributed by atoms with van der Waals surface area (Å²) in [6.07, 6.45) is -26.8. The van der Waals surface area contributed by atoms with Gasteiger partial charge in [0, 0.05) is 346 Å². The molecule has 0 amide bonds. The van der Waals surface area contributed by atoms with Crippen molar-refractivity contribution >= 4 is 356 Å². The molecule has 1 heterocycles. The molecule has 0 aromatic heterocycles. The van der Waals surface area contributed by atoms with E-state index in [1.807, 2.05) is 6.92 Å². The van der Waals surface area contributed by atoms with Crippen molar-refractivity contribution in [3.63, 3.8) is 0 Å². The van der Waals surface area contributed by atoms with Gasteiger partial charge in [-0.25, -0.2) is 17.2 Å². The Kier molecular flexibility index (Phi) is 31.2. The van der Waals surface area contributed by atoms with Crippen molar-refractivity contribution in [2.75, 3.05) is 11.4 Å². The third-order valence-electron chi connectivity index (χ3n) is 15.7. The monoisotopic (exact) mass is 986 g/mol. The van der Waals surface area contributed by atoms with Gasteiger partial charge in [0.05, 0.1) is 17.7 Å². The number of aryl methyl sites for hydroxylation is 3. The molecule has 0 saturated heterocycles. The van der Waals surface area contributed by atoms with Crippen LogP contribution in [0, 0.1) is 18.6 Å². The van der Waals surface area contributed by atoms with E-state index < -0.39 is 169 Å². The molecule has 312 valence electrons. The van der Waals surface area contributed by atoms with Crippen LogP contribution in [-0.2, 0) is 22.9 Å². The summed E-state index contributed by atoms with van der Waals surface area (Å²) in [5.41, 5.74) is 3.00. The molecule has 80 heavy (non-hydrogen) atoms. The van der Waals surface area contributed by atoms with E-state index in [0.717, 1.165) is 16.7 Å². The lowest BCUT2D eigenvalue weighted by atomic mass is 8.25. The number of fused-ring (bicyclic) bond motifs is 1. The number of nitrogens with zero attached hydrogens (tertiary/aromatic N) is 1. The first-order valence-corrected chi connectivity index (χ1v) is 27.6. The number of benzene rings is 3. The van der Waals surface area contributed by atoms with Crippen molar-refractivity contribution < 1.29 is 21.9 Å². The van der Waals surface area contributed by atoms with Gasteiger partial charge in [0.2, 0.25) is 0 Å². The lowest BCUT2D eigenvalue weighted by molar-refractivity contribution is 0.385. The smallest absolute Gasteiger partial charge is 0.264 e. The molecule has 3 aromatic rings. The Morgan fingerprint density at radius 3 is 1.23 bits per heavy atom. The zero-order chi connectivity index (χ0) is 61.2. The normalized spacial score (nSPS) is 12.2. The first-order valence-electron chi connectivity index (χ1n) is 26.2. The maximum Gasteiger partial charge on any atom is 0.264 e. The number of methoxy groups -OCH3 is 1. The summed E-state index contributed by atoms with van der Waals surface area (Å²) in [4.78, 5) is 0.175. The van der Waals surface area contributed by atoms with Crippen LogP contribution in [-0.4, -0.2) is 362 Å². The minimum absolute atomic E-state index is 0.155. The van der Waals surface area contributed by atoms with Crippen LogP contribution < -0.4 is 9.04 Å². The lowest BCUT2D eigenvalue weighted by Crippen LogP contribution is -2.94. The molecule has 1 atom stereocenters. The number of hydrogen-bond donors (Lipinski definition) is 0. The van der Waals surface area contributed by atoms with Crippen molar-refractivity contribution in [2.24, 2.45) is 0 Å². The summed E-state index contributed by atoms with van der Waals surface area (Å²) >= 11 is 0. The predicted octanol–water partition coefficient (Wildman–Crippen LogP) is -12.9. The van der Waals surface area contributed by atoms with Crippen LogP contribution in [0.5, 0.6) is 5.75 Å². The summed E-state index contributed by atoms with van der Waals surface area (Å²) in [5, 5.41) is 0. The second-order valence-electron chi connectivity index (χ2n) is 21.4. The topological polar surface area (TPSA) is 46.6 Å². The van der Waals surface area contributed by atoms with Crippen LogP contribution in [0.25, 0.3) is 0 Å². The average Bonchev–Trinajstić information content (AvgIpc) is 3.32. The molecule has 0 saturated carbocycles. The molecule has 0 spiro atoms. The van der Waals surface area contributed by atoms with Crippen molar-refractivity contribution in [1.82, 2.24) is 0 Å². The first kappa shape index (κ1) is 74.4. The highest BCUT2D eigenvalue weighted by atomic mass is 32.2. The number of ether oxygens (including phenoxy) is 1. The lowest BCUT2D eigenvalue weighted by Gasteiger charge is -2.56. The average molecular weight is 977 g/mol. The van der Waals surface area contributed by atoms with Crippen LogP contribution in [0.4, 0.5) is 14.5 Å². The molecule has 0 N–H and O–H groups in total. The number of halogens is 2. The molecule has 4 nitrogen and oxygen atoms in total. The Morgan fingerprint density at radius 1 is 0.487 bits per heavy atom. The van der Waals surface area contributed by atoms with Crippen LogP contribution in [0.2, 0.25) is 0 Å². The van der Waals surface area contributed by atoms with E-state index >= 15 is 0 Å².